The van der Waals surface area contributed by atoms with E-state index in [0.717, 1.165) is 11.4 Å². The van der Waals surface area contributed by atoms with Crippen LogP contribution in [0.25, 0.3) is 0 Å². The number of benzene rings is 1. The van der Waals surface area contributed by atoms with Gasteiger partial charge in [-0.25, -0.2) is 4.98 Å². The Labute approximate surface area is 109 Å². The maximum Gasteiger partial charge on any atom is 0.269 e. The second kappa shape index (κ2) is 4.98. The summed E-state index contributed by atoms with van der Waals surface area (Å²) in [4.78, 5) is 18.5. The average molecular weight is 257 g/mol. The Morgan fingerprint density at radius 1 is 1.39 bits per heavy atom. The van der Waals surface area contributed by atoms with Crippen LogP contribution in [0.2, 0.25) is 0 Å². The summed E-state index contributed by atoms with van der Waals surface area (Å²) in [5.74, 6) is -0.0836. The molecular weight excluding hydrogens is 246 g/mol. The molecule has 0 unspecified atom stereocenters. The van der Waals surface area contributed by atoms with Gasteiger partial charge in [0.15, 0.2) is 0 Å². The van der Waals surface area contributed by atoms with E-state index in [1.54, 1.807) is 41.7 Å². The van der Waals surface area contributed by atoms with Gasteiger partial charge < -0.3 is 4.90 Å². The second-order valence-electron chi connectivity index (χ2n) is 3.79. The van der Waals surface area contributed by atoms with E-state index in [2.05, 4.69) is 4.98 Å². The van der Waals surface area contributed by atoms with Crippen molar-refractivity contribution in [3.8, 4) is 6.07 Å². The third-order valence-corrected chi connectivity index (χ3v) is 3.54. The maximum atomic E-state index is 12.2. The number of thiazole rings is 1. The number of aromatic nitrogens is 1. The standard InChI is InChI=1S/C13H11N3OS/c1-9-12(18-8-15-9)13(17)16(2)11-5-3-10(7-14)4-6-11/h3-6,8H,1-2H3. The summed E-state index contributed by atoms with van der Waals surface area (Å²) in [5.41, 5.74) is 3.74. The van der Waals surface area contributed by atoms with E-state index in [-0.39, 0.29) is 5.91 Å². The van der Waals surface area contributed by atoms with Crippen LogP contribution < -0.4 is 4.90 Å². The Morgan fingerprint density at radius 3 is 2.56 bits per heavy atom. The van der Waals surface area contributed by atoms with E-state index in [1.807, 2.05) is 13.0 Å². The van der Waals surface area contributed by atoms with Crippen LogP contribution in [0.1, 0.15) is 20.9 Å². The van der Waals surface area contributed by atoms with Crippen LogP contribution in [0.3, 0.4) is 0 Å². The number of carbonyl (C=O) groups is 1. The summed E-state index contributed by atoms with van der Waals surface area (Å²) in [6, 6.07) is 8.95. The molecule has 0 bridgehead atoms. The van der Waals surface area contributed by atoms with Crippen LogP contribution in [0, 0.1) is 18.3 Å². The fourth-order valence-electron chi connectivity index (χ4n) is 1.54. The molecule has 18 heavy (non-hydrogen) atoms. The summed E-state index contributed by atoms with van der Waals surface area (Å²) in [6.45, 7) is 1.82. The summed E-state index contributed by atoms with van der Waals surface area (Å²) < 4.78 is 0. The molecule has 0 spiro atoms. The third-order valence-electron chi connectivity index (χ3n) is 2.63. The number of hydrogen-bond acceptors (Lipinski definition) is 4. The first-order valence-electron chi connectivity index (χ1n) is 5.32. The van der Waals surface area contributed by atoms with Gasteiger partial charge in [-0.1, -0.05) is 0 Å². The minimum atomic E-state index is -0.0836. The number of nitrogens with zero attached hydrogens (tertiary/aromatic N) is 3. The van der Waals surface area contributed by atoms with Gasteiger partial charge in [-0.3, -0.25) is 4.79 Å². The summed E-state index contributed by atoms with van der Waals surface area (Å²) in [5, 5.41) is 8.73. The van der Waals surface area contributed by atoms with Crippen LogP contribution in [-0.2, 0) is 0 Å². The molecule has 1 aromatic heterocycles. The number of anilines is 1. The molecular formula is C13H11N3OS. The molecule has 1 amide bonds. The van der Waals surface area contributed by atoms with Crippen molar-refractivity contribution in [2.45, 2.75) is 6.92 Å². The Bertz CT molecular complexity index is 610. The van der Waals surface area contributed by atoms with Crippen molar-refractivity contribution in [3.05, 3.63) is 45.9 Å². The SMILES string of the molecule is Cc1ncsc1C(=O)N(C)c1ccc(C#N)cc1. The molecule has 4 nitrogen and oxygen atoms in total. The molecule has 0 aliphatic rings. The van der Waals surface area contributed by atoms with Crippen molar-refractivity contribution in [2.24, 2.45) is 0 Å². The molecule has 0 fully saturated rings. The van der Waals surface area contributed by atoms with Gasteiger partial charge in [0, 0.05) is 12.7 Å². The van der Waals surface area contributed by atoms with E-state index in [9.17, 15) is 4.79 Å². The van der Waals surface area contributed by atoms with Crippen LogP contribution in [0.15, 0.2) is 29.8 Å². The number of amides is 1. The van der Waals surface area contributed by atoms with E-state index in [1.165, 1.54) is 11.3 Å². The van der Waals surface area contributed by atoms with Gasteiger partial charge in [0.1, 0.15) is 4.88 Å². The molecule has 0 aliphatic heterocycles. The third kappa shape index (κ3) is 2.24. The van der Waals surface area contributed by atoms with E-state index < -0.39 is 0 Å². The number of rotatable bonds is 2. The number of nitriles is 1. The van der Waals surface area contributed by atoms with Crippen LogP contribution in [0.4, 0.5) is 5.69 Å². The summed E-state index contributed by atoms with van der Waals surface area (Å²) >= 11 is 1.33. The Balaban J connectivity index is 2.26. The largest absolute Gasteiger partial charge is 0.311 e. The Morgan fingerprint density at radius 2 is 2.06 bits per heavy atom. The van der Waals surface area contributed by atoms with Gasteiger partial charge >= 0.3 is 0 Å². The molecule has 2 rings (SSSR count). The molecule has 2 aromatic rings. The molecule has 0 saturated heterocycles. The van der Waals surface area contributed by atoms with Crippen molar-refractivity contribution >= 4 is 22.9 Å². The topological polar surface area (TPSA) is 57.0 Å². The number of hydrogen-bond donors (Lipinski definition) is 0. The van der Waals surface area contributed by atoms with Gasteiger partial charge in [-0.05, 0) is 31.2 Å². The zero-order chi connectivity index (χ0) is 13.1. The minimum absolute atomic E-state index is 0.0836. The summed E-state index contributed by atoms with van der Waals surface area (Å²) in [6.07, 6.45) is 0. The molecule has 0 atom stereocenters. The van der Waals surface area contributed by atoms with Crippen molar-refractivity contribution in [3.63, 3.8) is 0 Å². The highest BCUT2D eigenvalue weighted by molar-refractivity contribution is 7.12. The first kappa shape index (κ1) is 12.3. The lowest BCUT2D eigenvalue weighted by molar-refractivity contribution is 0.0996. The highest BCUT2D eigenvalue weighted by atomic mass is 32.1. The predicted octanol–water partition coefficient (Wildman–Crippen LogP) is 2.60. The van der Waals surface area contributed by atoms with Gasteiger partial charge in [0.2, 0.25) is 0 Å². The molecule has 0 radical (unpaired) electrons. The normalized spacial score (nSPS) is 9.83. The smallest absolute Gasteiger partial charge is 0.269 e. The lowest BCUT2D eigenvalue weighted by Gasteiger charge is -2.16. The molecule has 5 heteroatoms. The molecule has 0 saturated carbocycles. The zero-order valence-corrected chi connectivity index (χ0v) is 10.9. The lowest BCUT2D eigenvalue weighted by atomic mass is 10.2. The lowest BCUT2D eigenvalue weighted by Crippen LogP contribution is -2.25. The van der Waals surface area contributed by atoms with Crippen molar-refractivity contribution < 1.29 is 4.79 Å². The van der Waals surface area contributed by atoms with Crippen molar-refractivity contribution in [1.82, 2.24) is 4.98 Å². The number of carbonyl (C=O) groups excluding carboxylic acids is 1. The van der Waals surface area contributed by atoms with Crippen molar-refractivity contribution in [1.29, 1.82) is 5.26 Å². The molecule has 0 N–H and O–H groups in total. The zero-order valence-electron chi connectivity index (χ0n) is 10.0. The van der Waals surface area contributed by atoms with Crippen LogP contribution in [-0.4, -0.2) is 17.9 Å². The van der Waals surface area contributed by atoms with Crippen LogP contribution in [0.5, 0.6) is 0 Å². The number of aryl methyl sites for hydroxylation is 1. The minimum Gasteiger partial charge on any atom is -0.311 e. The molecule has 1 aromatic carbocycles. The van der Waals surface area contributed by atoms with E-state index in [4.69, 9.17) is 5.26 Å². The molecule has 90 valence electrons. The second-order valence-corrected chi connectivity index (χ2v) is 4.64. The summed E-state index contributed by atoms with van der Waals surface area (Å²) in [7, 11) is 1.71. The van der Waals surface area contributed by atoms with E-state index in [0.29, 0.717) is 10.4 Å². The Kier molecular flexibility index (Phi) is 3.40. The van der Waals surface area contributed by atoms with Crippen molar-refractivity contribution in [2.75, 3.05) is 11.9 Å². The first-order chi connectivity index (χ1) is 8.63. The maximum absolute atomic E-state index is 12.2. The highest BCUT2D eigenvalue weighted by Crippen LogP contribution is 2.20. The highest BCUT2D eigenvalue weighted by Gasteiger charge is 2.17. The average Bonchev–Trinajstić information content (AvgIpc) is 2.83. The molecule has 1 heterocycles. The van der Waals surface area contributed by atoms with Gasteiger partial charge in [-0.2, -0.15) is 5.26 Å². The van der Waals surface area contributed by atoms with E-state index >= 15 is 0 Å². The fraction of sp³-hybridized carbons (Fsp3) is 0.154. The Hall–Kier alpha value is -2.19. The fourth-order valence-corrected chi connectivity index (χ4v) is 2.31. The van der Waals surface area contributed by atoms with Gasteiger partial charge in [0.05, 0.1) is 22.8 Å². The predicted molar refractivity (Wildman–Crippen MR) is 70.7 cm³/mol. The first-order valence-corrected chi connectivity index (χ1v) is 6.19. The monoisotopic (exact) mass is 257 g/mol. The molecule has 0 aliphatic carbocycles. The quantitative estimate of drug-likeness (QED) is 0.831. The van der Waals surface area contributed by atoms with Crippen LogP contribution >= 0.6 is 11.3 Å². The van der Waals surface area contributed by atoms with Gasteiger partial charge in [0.25, 0.3) is 5.91 Å². The van der Waals surface area contributed by atoms with Gasteiger partial charge in [-0.15, -0.1) is 11.3 Å².